The zero-order valence-electron chi connectivity index (χ0n) is 10.5. The molecular formula is C12H18N4O2. The molecule has 18 heavy (non-hydrogen) atoms. The third-order valence-electron chi connectivity index (χ3n) is 2.99. The Bertz CT molecular complexity index is 430. The van der Waals surface area contributed by atoms with Gasteiger partial charge in [-0.2, -0.15) is 0 Å². The van der Waals surface area contributed by atoms with Crippen LogP contribution in [0.1, 0.15) is 35.9 Å². The second-order valence-corrected chi connectivity index (χ2v) is 4.30. The Hall–Kier alpha value is -1.69. The van der Waals surface area contributed by atoms with Crippen molar-refractivity contribution in [3.05, 3.63) is 17.6 Å². The van der Waals surface area contributed by atoms with E-state index in [9.17, 15) is 4.79 Å². The van der Waals surface area contributed by atoms with Gasteiger partial charge in [-0.1, -0.05) is 6.92 Å². The van der Waals surface area contributed by atoms with Gasteiger partial charge in [0.2, 0.25) is 0 Å². The standard InChI is InChI=1S/C12H18N4O2/c1-2-9-12(14-7-10(16-9)11(13)17)15-8-3-5-18-6-4-8/h7-8H,2-6H2,1H3,(H2,13,17)(H,14,15). The third-order valence-corrected chi connectivity index (χ3v) is 2.99. The van der Waals surface area contributed by atoms with Crippen molar-refractivity contribution in [1.82, 2.24) is 9.97 Å². The van der Waals surface area contributed by atoms with Crippen LogP contribution in [0.5, 0.6) is 0 Å². The Morgan fingerprint density at radius 3 is 2.89 bits per heavy atom. The van der Waals surface area contributed by atoms with E-state index in [1.54, 1.807) is 0 Å². The smallest absolute Gasteiger partial charge is 0.268 e. The van der Waals surface area contributed by atoms with E-state index < -0.39 is 5.91 Å². The number of hydrogen-bond acceptors (Lipinski definition) is 5. The maximum absolute atomic E-state index is 11.1. The van der Waals surface area contributed by atoms with Gasteiger partial charge in [0.1, 0.15) is 11.5 Å². The lowest BCUT2D eigenvalue weighted by Crippen LogP contribution is -2.29. The minimum atomic E-state index is -0.546. The average molecular weight is 250 g/mol. The highest BCUT2D eigenvalue weighted by Gasteiger charge is 2.16. The van der Waals surface area contributed by atoms with E-state index in [0.29, 0.717) is 12.5 Å². The molecule has 2 heterocycles. The van der Waals surface area contributed by atoms with Crippen molar-refractivity contribution in [3.63, 3.8) is 0 Å². The van der Waals surface area contributed by atoms with Crippen LogP contribution in [0, 0.1) is 0 Å². The molecule has 0 aromatic carbocycles. The summed E-state index contributed by atoms with van der Waals surface area (Å²) in [6.07, 6.45) is 4.05. The molecule has 3 N–H and O–H groups in total. The van der Waals surface area contributed by atoms with Gasteiger partial charge in [-0.3, -0.25) is 4.79 Å². The molecule has 0 atom stereocenters. The van der Waals surface area contributed by atoms with E-state index in [-0.39, 0.29) is 5.69 Å². The zero-order valence-corrected chi connectivity index (χ0v) is 10.5. The molecule has 0 radical (unpaired) electrons. The number of amides is 1. The number of hydrogen-bond donors (Lipinski definition) is 2. The third kappa shape index (κ3) is 2.95. The van der Waals surface area contributed by atoms with E-state index in [0.717, 1.165) is 37.6 Å². The van der Waals surface area contributed by atoms with Gasteiger partial charge in [-0.05, 0) is 19.3 Å². The average Bonchev–Trinajstić information content (AvgIpc) is 2.40. The van der Waals surface area contributed by atoms with Crippen LogP contribution < -0.4 is 11.1 Å². The van der Waals surface area contributed by atoms with Crippen LogP contribution in [0.25, 0.3) is 0 Å². The molecule has 1 aliphatic heterocycles. The van der Waals surface area contributed by atoms with Crippen molar-refractivity contribution in [2.24, 2.45) is 5.73 Å². The molecule has 0 bridgehead atoms. The van der Waals surface area contributed by atoms with Crippen LogP contribution in [0.15, 0.2) is 6.20 Å². The Kier molecular flexibility index (Phi) is 4.09. The van der Waals surface area contributed by atoms with E-state index in [1.165, 1.54) is 6.20 Å². The first-order valence-corrected chi connectivity index (χ1v) is 6.20. The van der Waals surface area contributed by atoms with Crippen molar-refractivity contribution in [2.75, 3.05) is 18.5 Å². The predicted octanol–water partition coefficient (Wildman–Crippen LogP) is 0.729. The van der Waals surface area contributed by atoms with Crippen LogP contribution >= 0.6 is 0 Å². The summed E-state index contributed by atoms with van der Waals surface area (Å²) in [6.45, 7) is 3.52. The van der Waals surface area contributed by atoms with E-state index >= 15 is 0 Å². The van der Waals surface area contributed by atoms with Gasteiger partial charge in [0, 0.05) is 19.3 Å². The van der Waals surface area contributed by atoms with E-state index in [1.807, 2.05) is 6.92 Å². The molecule has 2 rings (SSSR count). The molecule has 0 unspecified atom stereocenters. The molecule has 1 amide bonds. The van der Waals surface area contributed by atoms with Crippen molar-refractivity contribution in [1.29, 1.82) is 0 Å². The minimum absolute atomic E-state index is 0.212. The topological polar surface area (TPSA) is 90.1 Å². The number of ether oxygens (including phenoxy) is 1. The number of nitrogens with one attached hydrogen (secondary N) is 1. The fourth-order valence-electron chi connectivity index (χ4n) is 1.95. The lowest BCUT2D eigenvalue weighted by atomic mass is 10.1. The number of rotatable bonds is 4. The Morgan fingerprint density at radius 1 is 1.56 bits per heavy atom. The Balaban J connectivity index is 2.13. The number of aryl methyl sites for hydroxylation is 1. The van der Waals surface area contributed by atoms with Crippen molar-refractivity contribution < 1.29 is 9.53 Å². The summed E-state index contributed by atoms with van der Waals surface area (Å²) >= 11 is 0. The van der Waals surface area contributed by atoms with Crippen LogP contribution in [-0.4, -0.2) is 35.1 Å². The van der Waals surface area contributed by atoms with Gasteiger partial charge >= 0.3 is 0 Å². The normalized spacial score (nSPS) is 16.5. The fourth-order valence-corrected chi connectivity index (χ4v) is 1.95. The van der Waals surface area contributed by atoms with Crippen LogP contribution in [0.4, 0.5) is 5.82 Å². The fraction of sp³-hybridized carbons (Fsp3) is 0.583. The Morgan fingerprint density at radius 2 is 2.28 bits per heavy atom. The number of nitrogens with zero attached hydrogens (tertiary/aromatic N) is 2. The molecule has 0 saturated carbocycles. The second-order valence-electron chi connectivity index (χ2n) is 4.30. The summed E-state index contributed by atoms with van der Waals surface area (Å²) in [4.78, 5) is 19.5. The highest BCUT2D eigenvalue weighted by atomic mass is 16.5. The summed E-state index contributed by atoms with van der Waals surface area (Å²) in [5.74, 6) is 0.198. The highest BCUT2D eigenvalue weighted by Crippen LogP contribution is 2.16. The number of primary amides is 1. The van der Waals surface area contributed by atoms with Gasteiger partial charge in [-0.25, -0.2) is 9.97 Å². The second kappa shape index (κ2) is 5.77. The van der Waals surface area contributed by atoms with Crippen molar-refractivity contribution in [3.8, 4) is 0 Å². The molecular weight excluding hydrogens is 232 g/mol. The quantitative estimate of drug-likeness (QED) is 0.822. The highest BCUT2D eigenvalue weighted by molar-refractivity contribution is 5.90. The summed E-state index contributed by atoms with van der Waals surface area (Å²) in [7, 11) is 0. The molecule has 1 saturated heterocycles. The summed E-state index contributed by atoms with van der Waals surface area (Å²) in [5.41, 5.74) is 6.18. The molecule has 1 aliphatic rings. The molecule has 1 fully saturated rings. The summed E-state index contributed by atoms with van der Waals surface area (Å²) < 4.78 is 5.31. The van der Waals surface area contributed by atoms with Gasteiger partial charge in [0.25, 0.3) is 5.91 Å². The number of nitrogens with two attached hydrogens (primary N) is 1. The molecule has 0 aliphatic carbocycles. The first-order valence-electron chi connectivity index (χ1n) is 6.20. The Labute approximate surface area is 106 Å². The minimum Gasteiger partial charge on any atom is -0.381 e. The van der Waals surface area contributed by atoms with Crippen molar-refractivity contribution >= 4 is 11.7 Å². The van der Waals surface area contributed by atoms with Crippen molar-refractivity contribution in [2.45, 2.75) is 32.2 Å². The monoisotopic (exact) mass is 250 g/mol. The molecule has 1 aromatic heterocycles. The van der Waals surface area contributed by atoms with Crippen LogP contribution in [0.3, 0.4) is 0 Å². The maximum Gasteiger partial charge on any atom is 0.268 e. The van der Waals surface area contributed by atoms with Crippen LogP contribution in [-0.2, 0) is 11.2 Å². The maximum atomic E-state index is 11.1. The zero-order chi connectivity index (χ0) is 13.0. The number of carbonyl (C=O) groups excluding carboxylic acids is 1. The van der Waals surface area contributed by atoms with Gasteiger partial charge in [-0.15, -0.1) is 0 Å². The molecule has 98 valence electrons. The van der Waals surface area contributed by atoms with Crippen LogP contribution in [0.2, 0.25) is 0 Å². The SMILES string of the molecule is CCc1nc(C(N)=O)cnc1NC1CCOCC1. The molecule has 6 heteroatoms. The molecule has 1 aromatic rings. The first kappa shape index (κ1) is 12.8. The lowest BCUT2D eigenvalue weighted by molar-refractivity contribution is 0.0903. The van der Waals surface area contributed by atoms with E-state index in [2.05, 4.69) is 15.3 Å². The van der Waals surface area contributed by atoms with Gasteiger partial charge in [0.05, 0.1) is 11.9 Å². The largest absolute Gasteiger partial charge is 0.381 e. The first-order chi connectivity index (χ1) is 8.70. The predicted molar refractivity (Wildman–Crippen MR) is 67.4 cm³/mol. The van der Waals surface area contributed by atoms with Gasteiger partial charge in [0.15, 0.2) is 0 Å². The summed E-state index contributed by atoms with van der Waals surface area (Å²) in [5, 5.41) is 3.36. The van der Waals surface area contributed by atoms with E-state index in [4.69, 9.17) is 10.5 Å². The summed E-state index contributed by atoms with van der Waals surface area (Å²) in [6, 6.07) is 0.359. The number of aromatic nitrogens is 2. The molecule has 0 spiro atoms. The number of carbonyl (C=O) groups is 1. The van der Waals surface area contributed by atoms with Gasteiger partial charge < -0.3 is 15.8 Å². The molecule has 6 nitrogen and oxygen atoms in total. The number of anilines is 1. The lowest BCUT2D eigenvalue weighted by Gasteiger charge is -2.24.